The number of carboxylic acid groups (broad SMARTS) is 2. The molecular weight excluding hydrogens is 236 g/mol. The predicted molar refractivity (Wildman–Crippen MR) is 64.4 cm³/mol. The molecule has 1 saturated carbocycles. The normalized spacial score (nSPS) is 28.8. The van der Waals surface area contributed by atoms with Gasteiger partial charge >= 0.3 is 11.9 Å². The Morgan fingerprint density at radius 1 is 1.22 bits per heavy atom. The molecule has 102 valence electrons. The third-order valence-corrected chi connectivity index (χ3v) is 3.81. The number of likely N-dealkylation sites (tertiary alicyclic amines) is 1. The van der Waals surface area contributed by atoms with Crippen molar-refractivity contribution in [3.63, 3.8) is 0 Å². The largest absolute Gasteiger partial charge is 0.480 e. The first-order valence-corrected chi connectivity index (χ1v) is 6.40. The molecule has 0 aromatic rings. The quantitative estimate of drug-likeness (QED) is 0.700. The molecule has 0 amide bonds. The van der Waals surface area contributed by atoms with Gasteiger partial charge in [0.15, 0.2) is 0 Å². The fraction of sp³-hybridized carbons (Fsp3) is 0.833. The molecule has 1 aliphatic carbocycles. The van der Waals surface area contributed by atoms with Crippen LogP contribution in [-0.2, 0) is 9.59 Å². The summed E-state index contributed by atoms with van der Waals surface area (Å²) in [5.74, 6) is -1.93. The lowest BCUT2D eigenvalue weighted by Gasteiger charge is -2.25. The van der Waals surface area contributed by atoms with Gasteiger partial charge in [-0.2, -0.15) is 0 Å². The van der Waals surface area contributed by atoms with Gasteiger partial charge < -0.3 is 10.2 Å². The SMILES string of the molecule is CC1CC(N(CC(=O)O)CC(=O)O)CN1C1CC1. The molecule has 1 aliphatic heterocycles. The fourth-order valence-corrected chi connectivity index (χ4v) is 2.87. The van der Waals surface area contributed by atoms with Crippen molar-refractivity contribution in [1.29, 1.82) is 0 Å². The summed E-state index contributed by atoms with van der Waals surface area (Å²) in [5, 5.41) is 17.7. The standard InChI is InChI=1S/C12H20N2O4/c1-8-4-10(5-14(8)9-2-3-9)13(6-11(15)16)7-12(17)18/h8-10H,2-7H2,1H3,(H,15,16)(H,17,18). The lowest BCUT2D eigenvalue weighted by molar-refractivity contribution is -0.142. The van der Waals surface area contributed by atoms with Crippen LogP contribution in [0.2, 0.25) is 0 Å². The first-order valence-electron chi connectivity index (χ1n) is 6.40. The highest BCUT2D eigenvalue weighted by Crippen LogP contribution is 2.34. The molecule has 2 unspecified atom stereocenters. The van der Waals surface area contributed by atoms with Gasteiger partial charge in [-0.15, -0.1) is 0 Å². The Hall–Kier alpha value is -1.14. The third-order valence-electron chi connectivity index (χ3n) is 3.81. The van der Waals surface area contributed by atoms with Crippen LogP contribution in [0.5, 0.6) is 0 Å². The summed E-state index contributed by atoms with van der Waals surface area (Å²) in [6, 6.07) is 1.11. The minimum absolute atomic E-state index is 0.0489. The molecule has 6 nitrogen and oxygen atoms in total. The van der Waals surface area contributed by atoms with Crippen molar-refractivity contribution in [3.8, 4) is 0 Å². The van der Waals surface area contributed by atoms with Crippen LogP contribution in [0, 0.1) is 0 Å². The lowest BCUT2D eigenvalue weighted by atomic mass is 10.1. The van der Waals surface area contributed by atoms with E-state index in [9.17, 15) is 9.59 Å². The van der Waals surface area contributed by atoms with Crippen molar-refractivity contribution in [3.05, 3.63) is 0 Å². The molecule has 0 aromatic carbocycles. The molecule has 0 spiro atoms. The summed E-state index contributed by atoms with van der Waals surface area (Å²) in [4.78, 5) is 25.6. The molecule has 2 N–H and O–H groups in total. The number of hydrogen-bond donors (Lipinski definition) is 2. The van der Waals surface area contributed by atoms with Crippen LogP contribution in [0.15, 0.2) is 0 Å². The Balaban J connectivity index is 1.97. The van der Waals surface area contributed by atoms with Crippen LogP contribution >= 0.6 is 0 Å². The zero-order valence-electron chi connectivity index (χ0n) is 10.6. The summed E-state index contributed by atoms with van der Waals surface area (Å²) in [6.45, 7) is 2.55. The van der Waals surface area contributed by atoms with Crippen molar-refractivity contribution >= 4 is 11.9 Å². The maximum Gasteiger partial charge on any atom is 0.317 e. The highest BCUT2D eigenvalue weighted by Gasteiger charge is 2.41. The number of rotatable bonds is 6. The number of carboxylic acids is 2. The summed E-state index contributed by atoms with van der Waals surface area (Å²) in [5.41, 5.74) is 0. The van der Waals surface area contributed by atoms with E-state index < -0.39 is 11.9 Å². The molecule has 2 atom stereocenters. The molecule has 2 rings (SSSR count). The van der Waals surface area contributed by atoms with Crippen molar-refractivity contribution in [2.75, 3.05) is 19.6 Å². The van der Waals surface area contributed by atoms with Crippen LogP contribution in [0.25, 0.3) is 0 Å². The van der Waals surface area contributed by atoms with E-state index in [0.717, 1.165) is 13.0 Å². The van der Waals surface area contributed by atoms with E-state index in [4.69, 9.17) is 10.2 Å². The third kappa shape index (κ3) is 3.20. The average Bonchev–Trinajstić information content (AvgIpc) is 3.00. The first kappa shape index (κ1) is 13.3. The number of carbonyl (C=O) groups is 2. The van der Waals surface area contributed by atoms with Gasteiger partial charge in [0, 0.05) is 24.7 Å². The summed E-state index contributed by atoms with van der Waals surface area (Å²) in [7, 11) is 0. The highest BCUT2D eigenvalue weighted by molar-refractivity contribution is 5.72. The Morgan fingerprint density at radius 3 is 2.22 bits per heavy atom. The first-order chi connectivity index (χ1) is 8.47. The van der Waals surface area contributed by atoms with E-state index in [2.05, 4.69) is 11.8 Å². The minimum atomic E-state index is -0.964. The smallest absolute Gasteiger partial charge is 0.317 e. The van der Waals surface area contributed by atoms with Gasteiger partial charge in [0.1, 0.15) is 0 Å². The van der Waals surface area contributed by atoms with Gasteiger partial charge in [0.25, 0.3) is 0 Å². The van der Waals surface area contributed by atoms with Crippen LogP contribution in [-0.4, -0.2) is 69.7 Å². The van der Waals surface area contributed by atoms with Crippen molar-refractivity contribution in [2.24, 2.45) is 0 Å². The zero-order chi connectivity index (χ0) is 13.3. The Bertz CT molecular complexity index is 327. The molecular formula is C12H20N2O4. The van der Waals surface area contributed by atoms with E-state index in [-0.39, 0.29) is 19.1 Å². The molecule has 0 aromatic heterocycles. The molecule has 1 heterocycles. The number of hydrogen-bond acceptors (Lipinski definition) is 4. The molecule has 18 heavy (non-hydrogen) atoms. The molecule has 2 aliphatic rings. The van der Waals surface area contributed by atoms with E-state index in [1.807, 2.05) is 0 Å². The zero-order valence-corrected chi connectivity index (χ0v) is 10.6. The Kier molecular flexibility index (Phi) is 3.87. The monoisotopic (exact) mass is 256 g/mol. The molecule has 0 radical (unpaired) electrons. The van der Waals surface area contributed by atoms with E-state index in [0.29, 0.717) is 12.1 Å². The average molecular weight is 256 g/mol. The number of aliphatic carboxylic acids is 2. The second-order valence-electron chi connectivity index (χ2n) is 5.36. The fourth-order valence-electron chi connectivity index (χ4n) is 2.87. The van der Waals surface area contributed by atoms with Gasteiger partial charge in [-0.05, 0) is 26.2 Å². The minimum Gasteiger partial charge on any atom is -0.480 e. The van der Waals surface area contributed by atoms with Gasteiger partial charge in [-0.25, -0.2) is 0 Å². The Morgan fingerprint density at radius 2 is 1.78 bits per heavy atom. The van der Waals surface area contributed by atoms with Gasteiger partial charge in [-0.3, -0.25) is 19.4 Å². The van der Waals surface area contributed by atoms with Gasteiger partial charge in [0.05, 0.1) is 13.1 Å². The van der Waals surface area contributed by atoms with Crippen molar-refractivity contribution in [1.82, 2.24) is 9.80 Å². The van der Waals surface area contributed by atoms with E-state index >= 15 is 0 Å². The second-order valence-corrected chi connectivity index (χ2v) is 5.36. The maximum atomic E-state index is 10.8. The van der Waals surface area contributed by atoms with Crippen LogP contribution in [0.3, 0.4) is 0 Å². The van der Waals surface area contributed by atoms with Crippen LogP contribution in [0.1, 0.15) is 26.2 Å². The van der Waals surface area contributed by atoms with Crippen LogP contribution in [0.4, 0.5) is 0 Å². The predicted octanol–water partition coefficient (Wildman–Crippen LogP) is 0.0828. The highest BCUT2D eigenvalue weighted by atomic mass is 16.4. The van der Waals surface area contributed by atoms with E-state index in [1.54, 1.807) is 4.90 Å². The van der Waals surface area contributed by atoms with Gasteiger partial charge in [0.2, 0.25) is 0 Å². The maximum absolute atomic E-state index is 10.8. The molecule has 6 heteroatoms. The topological polar surface area (TPSA) is 81.1 Å². The lowest BCUT2D eigenvalue weighted by Crippen LogP contribution is -2.43. The van der Waals surface area contributed by atoms with Crippen LogP contribution < -0.4 is 0 Å². The summed E-state index contributed by atoms with van der Waals surface area (Å²) < 4.78 is 0. The summed E-state index contributed by atoms with van der Waals surface area (Å²) >= 11 is 0. The molecule has 1 saturated heterocycles. The second kappa shape index (κ2) is 5.24. The summed E-state index contributed by atoms with van der Waals surface area (Å²) in [6.07, 6.45) is 3.29. The molecule has 0 bridgehead atoms. The van der Waals surface area contributed by atoms with Gasteiger partial charge in [-0.1, -0.05) is 0 Å². The van der Waals surface area contributed by atoms with Crippen molar-refractivity contribution < 1.29 is 19.8 Å². The van der Waals surface area contributed by atoms with E-state index in [1.165, 1.54) is 12.8 Å². The van der Waals surface area contributed by atoms with Crippen molar-refractivity contribution in [2.45, 2.75) is 44.3 Å². The molecule has 2 fully saturated rings. The number of nitrogens with zero attached hydrogens (tertiary/aromatic N) is 2. The Labute approximate surface area is 106 Å².